The lowest BCUT2D eigenvalue weighted by molar-refractivity contribution is -0.704. The number of fused-ring (bicyclic) bond motifs is 1. The molecule has 0 fully saturated rings. The summed E-state index contributed by atoms with van der Waals surface area (Å²) in [4.78, 5) is 26.6. The first-order valence-corrected chi connectivity index (χ1v) is 13.0. The van der Waals surface area contributed by atoms with E-state index in [-0.39, 0.29) is 16.3 Å². The van der Waals surface area contributed by atoms with Gasteiger partial charge in [-0.05, 0) is 71.7 Å². The molecule has 2 unspecified atom stereocenters. The number of aromatic nitrogens is 2. The van der Waals surface area contributed by atoms with Gasteiger partial charge in [0, 0.05) is 17.0 Å². The highest BCUT2D eigenvalue weighted by Crippen LogP contribution is 2.44. The highest BCUT2D eigenvalue weighted by atomic mass is 32.2. The van der Waals surface area contributed by atoms with E-state index in [9.17, 15) is 14.9 Å². The van der Waals surface area contributed by atoms with Crippen LogP contribution in [-0.4, -0.2) is 16.4 Å². The first-order chi connectivity index (χ1) is 16.1. The number of thioether (sulfide) groups is 1. The fraction of sp³-hybridized carbons (Fsp3) is 0.440. The van der Waals surface area contributed by atoms with E-state index in [0.29, 0.717) is 16.5 Å². The smallest absolute Gasteiger partial charge is 0.316 e. The molecule has 0 radical (unpaired) electrons. The van der Waals surface area contributed by atoms with Crippen LogP contribution in [0.2, 0.25) is 0 Å². The van der Waals surface area contributed by atoms with Crippen LogP contribution in [0.15, 0.2) is 38.6 Å². The second-order valence-electron chi connectivity index (χ2n) is 9.83. The van der Waals surface area contributed by atoms with E-state index in [1.54, 1.807) is 6.92 Å². The minimum absolute atomic E-state index is 0.202. The van der Waals surface area contributed by atoms with Gasteiger partial charge in [0.05, 0.1) is 10.8 Å². The lowest BCUT2D eigenvalue weighted by Crippen LogP contribution is -2.37. The minimum atomic E-state index is -0.580. The van der Waals surface area contributed by atoms with Crippen molar-refractivity contribution in [1.29, 1.82) is 5.26 Å². The van der Waals surface area contributed by atoms with Gasteiger partial charge in [0.15, 0.2) is 0 Å². The maximum atomic E-state index is 13.1. The van der Waals surface area contributed by atoms with Gasteiger partial charge in [0.2, 0.25) is 11.6 Å². The number of hydrogen-bond acceptors (Lipinski definition) is 6. The molecule has 2 atom stereocenters. The van der Waals surface area contributed by atoms with Crippen LogP contribution < -0.4 is 15.6 Å². The molecule has 3 aromatic rings. The Morgan fingerprint density at radius 2 is 2.06 bits per heavy atom. The standard InChI is InChI=1S/C25H28N4O3S2/c1-14-6-9-17(10-7-14)29-23(24(31)32-28-29)33-15(2)21(30)27-22-19(13-26)18-11-8-16(25(3,4)5)12-20(18)34-22/h6-7,9-10,15-16H,8,11-12H2,1-5H3,(H-,27,28,30,31)/p+1. The molecule has 7 nitrogen and oxygen atoms in total. The Kier molecular flexibility index (Phi) is 6.74. The number of aromatic amines is 1. The Hall–Kier alpha value is -2.83. The number of hydrogen-bond donors (Lipinski definition) is 2. The molecular formula is C25H29N4O3S2+. The number of nitriles is 1. The Morgan fingerprint density at radius 1 is 1.35 bits per heavy atom. The fourth-order valence-electron chi connectivity index (χ4n) is 4.19. The van der Waals surface area contributed by atoms with E-state index >= 15 is 0 Å². The summed E-state index contributed by atoms with van der Waals surface area (Å²) in [5.41, 5.74) is 3.15. The summed E-state index contributed by atoms with van der Waals surface area (Å²) in [6.07, 6.45) is 2.83. The van der Waals surface area contributed by atoms with Crippen molar-refractivity contribution in [2.45, 2.75) is 64.2 Å². The molecule has 1 aromatic carbocycles. The zero-order valence-electron chi connectivity index (χ0n) is 20.0. The number of carbonyl (C=O) groups excluding carboxylic acids is 1. The number of amides is 1. The van der Waals surface area contributed by atoms with Gasteiger partial charge >= 0.3 is 10.7 Å². The van der Waals surface area contributed by atoms with Crippen molar-refractivity contribution in [1.82, 2.24) is 5.27 Å². The summed E-state index contributed by atoms with van der Waals surface area (Å²) < 4.78 is 6.53. The van der Waals surface area contributed by atoms with Crippen LogP contribution in [0.5, 0.6) is 0 Å². The fourth-order valence-corrected chi connectivity index (χ4v) is 6.36. The number of thiophene rings is 1. The summed E-state index contributed by atoms with van der Waals surface area (Å²) in [6.45, 7) is 10.5. The highest BCUT2D eigenvalue weighted by molar-refractivity contribution is 8.00. The number of nitrogens with one attached hydrogen (secondary N) is 2. The minimum Gasteiger partial charge on any atom is -0.316 e. The Balaban J connectivity index is 1.52. The van der Waals surface area contributed by atoms with Crippen molar-refractivity contribution in [2.75, 3.05) is 5.32 Å². The molecule has 2 heterocycles. The van der Waals surface area contributed by atoms with Gasteiger partial charge in [-0.25, -0.2) is 4.79 Å². The number of carbonyl (C=O) groups is 1. The maximum Gasteiger partial charge on any atom is 0.442 e. The quantitative estimate of drug-likeness (QED) is 0.391. The number of H-pyrrole nitrogens is 1. The maximum absolute atomic E-state index is 13.1. The Labute approximate surface area is 207 Å². The third-order valence-corrected chi connectivity index (χ3v) is 8.71. The lowest BCUT2D eigenvalue weighted by Gasteiger charge is -2.33. The van der Waals surface area contributed by atoms with Crippen LogP contribution in [-0.2, 0) is 17.6 Å². The number of aryl methyl sites for hydroxylation is 1. The number of nitrogens with zero attached hydrogens (tertiary/aromatic N) is 2. The van der Waals surface area contributed by atoms with Gasteiger partial charge in [-0.1, -0.05) is 38.5 Å². The monoisotopic (exact) mass is 497 g/mol. The first-order valence-electron chi connectivity index (χ1n) is 11.3. The van der Waals surface area contributed by atoms with E-state index in [1.165, 1.54) is 20.9 Å². The molecule has 2 aromatic heterocycles. The van der Waals surface area contributed by atoms with E-state index in [2.05, 4.69) is 37.4 Å². The summed E-state index contributed by atoms with van der Waals surface area (Å²) in [5, 5.41) is 15.7. The van der Waals surface area contributed by atoms with Crippen molar-refractivity contribution in [3.8, 4) is 11.8 Å². The molecule has 9 heteroatoms. The number of anilines is 1. The van der Waals surface area contributed by atoms with Gasteiger partial charge in [-0.3, -0.25) is 9.32 Å². The summed E-state index contributed by atoms with van der Waals surface area (Å²) >= 11 is 2.63. The van der Waals surface area contributed by atoms with Crippen LogP contribution in [0.3, 0.4) is 0 Å². The SMILES string of the molecule is Cc1ccc(-[n+]2[nH]oc(=O)c2SC(C)C(=O)Nc2sc3c(c2C#N)CCC(C(C)(C)C)C3)cc1. The molecule has 4 rings (SSSR count). The molecule has 1 amide bonds. The molecule has 0 saturated carbocycles. The highest BCUT2D eigenvalue weighted by Gasteiger charge is 2.33. The predicted molar refractivity (Wildman–Crippen MR) is 134 cm³/mol. The van der Waals surface area contributed by atoms with E-state index in [1.807, 2.05) is 31.2 Å². The molecule has 1 aliphatic carbocycles. The van der Waals surface area contributed by atoms with E-state index in [0.717, 1.165) is 47.8 Å². The van der Waals surface area contributed by atoms with Crippen LogP contribution in [0.4, 0.5) is 5.00 Å². The molecule has 2 N–H and O–H groups in total. The topological polar surface area (TPSA) is 103 Å². The molecule has 0 spiro atoms. The van der Waals surface area contributed by atoms with Gasteiger partial charge in [-0.15, -0.1) is 11.3 Å². The second-order valence-corrected chi connectivity index (χ2v) is 12.3. The van der Waals surface area contributed by atoms with Crippen molar-refractivity contribution >= 4 is 34.0 Å². The van der Waals surface area contributed by atoms with Crippen molar-refractivity contribution in [3.05, 3.63) is 56.3 Å². The molecule has 0 aliphatic heterocycles. The van der Waals surface area contributed by atoms with Crippen LogP contribution in [0.1, 0.15) is 55.7 Å². The average molecular weight is 498 g/mol. The van der Waals surface area contributed by atoms with E-state index < -0.39 is 10.9 Å². The largest absolute Gasteiger partial charge is 0.442 e. The second kappa shape index (κ2) is 9.43. The molecule has 0 saturated heterocycles. The summed E-state index contributed by atoms with van der Waals surface area (Å²) in [7, 11) is 0. The van der Waals surface area contributed by atoms with E-state index in [4.69, 9.17) is 4.52 Å². The predicted octanol–water partition coefficient (Wildman–Crippen LogP) is 4.76. The summed E-state index contributed by atoms with van der Waals surface area (Å²) in [5.74, 6) is 0.289. The summed E-state index contributed by atoms with van der Waals surface area (Å²) in [6, 6.07) is 9.92. The van der Waals surface area contributed by atoms with Gasteiger partial charge < -0.3 is 5.32 Å². The molecule has 1 aliphatic rings. The Bertz CT molecular complexity index is 1310. The van der Waals surface area contributed by atoms with Crippen LogP contribution >= 0.6 is 23.1 Å². The van der Waals surface area contributed by atoms with Crippen molar-refractivity contribution in [3.63, 3.8) is 0 Å². The molecule has 0 bridgehead atoms. The van der Waals surface area contributed by atoms with Crippen LogP contribution in [0.25, 0.3) is 5.69 Å². The van der Waals surface area contributed by atoms with Crippen LogP contribution in [0, 0.1) is 29.6 Å². The number of rotatable bonds is 5. The lowest BCUT2D eigenvalue weighted by atomic mass is 9.72. The zero-order chi connectivity index (χ0) is 24.6. The third-order valence-electron chi connectivity index (χ3n) is 6.40. The van der Waals surface area contributed by atoms with Gasteiger partial charge in [0.1, 0.15) is 11.1 Å². The van der Waals surface area contributed by atoms with Crippen molar-refractivity contribution in [2.24, 2.45) is 11.3 Å². The van der Waals surface area contributed by atoms with Gasteiger partial charge in [0.25, 0.3) is 0 Å². The number of benzene rings is 1. The third kappa shape index (κ3) is 4.84. The first kappa shape index (κ1) is 24.3. The molecule has 178 valence electrons. The molecular weight excluding hydrogens is 468 g/mol. The molecule has 34 heavy (non-hydrogen) atoms. The zero-order valence-corrected chi connectivity index (χ0v) is 21.7. The van der Waals surface area contributed by atoms with Gasteiger partial charge in [-0.2, -0.15) is 5.26 Å². The average Bonchev–Trinajstić information content (AvgIpc) is 3.32. The normalized spacial score (nSPS) is 16.5. The van der Waals surface area contributed by atoms with Crippen molar-refractivity contribution < 1.29 is 14.0 Å². The Morgan fingerprint density at radius 3 is 2.71 bits per heavy atom.